The molecule has 0 aliphatic heterocycles. The molecule has 6 heteroatoms. The van der Waals surface area contributed by atoms with Crippen LogP contribution in [0.1, 0.15) is 51.8 Å². The van der Waals surface area contributed by atoms with Crippen LogP contribution in [0.4, 0.5) is 4.79 Å². The molecule has 0 heterocycles. The van der Waals surface area contributed by atoms with Crippen molar-refractivity contribution in [1.82, 2.24) is 10.6 Å². The Morgan fingerprint density at radius 3 is 2.03 bits per heavy atom. The van der Waals surface area contributed by atoms with Gasteiger partial charge in [0.15, 0.2) is 0 Å². The number of hydrogen-bond acceptors (Lipinski definition) is 4. The molecule has 30 heavy (non-hydrogen) atoms. The van der Waals surface area contributed by atoms with Gasteiger partial charge >= 0.3 is 6.09 Å². The minimum absolute atomic E-state index is 0.219. The molecule has 0 radical (unpaired) electrons. The largest absolute Gasteiger partial charge is 0.444 e. The van der Waals surface area contributed by atoms with E-state index in [4.69, 9.17) is 9.47 Å². The van der Waals surface area contributed by atoms with Crippen molar-refractivity contribution in [3.8, 4) is 0 Å². The highest BCUT2D eigenvalue weighted by Gasteiger charge is 2.30. The van der Waals surface area contributed by atoms with Crippen molar-refractivity contribution in [2.24, 2.45) is 0 Å². The average molecular weight is 413 g/mol. The van der Waals surface area contributed by atoms with E-state index in [9.17, 15) is 9.59 Å². The van der Waals surface area contributed by atoms with E-state index >= 15 is 0 Å². The van der Waals surface area contributed by atoms with Crippen LogP contribution < -0.4 is 10.6 Å². The van der Waals surface area contributed by atoms with Gasteiger partial charge in [-0.25, -0.2) is 4.79 Å². The molecule has 3 atom stereocenters. The number of amides is 2. The molecule has 0 spiro atoms. The molecule has 2 amide bonds. The van der Waals surface area contributed by atoms with Gasteiger partial charge in [0.05, 0.1) is 18.8 Å². The molecule has 0 fully saturated rings. The Bertz CT molecular complexity index is 803. The zero-order valence-corrected chi connectivity index (χ0v) is 18.3. The van der Waals surface area contributed by atoms with E-state index in [1.807, 2.05) is 67.6 Å². The first-order valence-corrected chi connectivity index (χ1v) is 10.2. The normalized spacial score (nSPS) is 14.3. The van der Waals surface area contributed by atoms with Gasteiger partial charge in [0, 0.05) is 0 Å². The van der Waals surface area contributed by atoms with E-state index in [1.165, 1.54) is 0 Å². The van der Waals surface area contributed by atoms with Crippen LogP contribution in [0.5, 0.6) is 0 Å². The van der Waals surface area contributed by atoms with Crippen molar-refractivity contribution in [3.63, 3.8) is 0 Å². The fourth-order valence-electron chi connectivity index (χ4n) is 2.86. The highest BCUT2D eigenvalue weighted by atomic mass is 16.6. The lowest BCUT2D eigenvalue weighted by molar-refractivity contribution is -0.127. The number of alkyl carbamates (subject to hydrolysis) is 1. The Balaban J connectivity index is 2.08. The molecule has 2 rings (SSSR count). The van der Waals surface area contributed by atoms with Crippen molar-refractivity contribution in [2.75, 3.05) is 0 Å². The summed E-state index contributed by atoms with van der Waals surface area (Å²) < 4.78 is 11.2. The molecule has 2 aromatic rings. The highest BCUT2D eigenvalue weighted by molar-refractivity contribution is 5.86. The van der Waals surface area contributed by atoms with Crippen molar-refractivity contribution in [3.05, 3.63) is 71.8 Å². The molecule has 0 saturated carbocycles. The molecule has 2 N–H and O–H groups in total. The maximum Gasteiger partial charge on any atom is 0.408 e. The van der Waals surface area contributed by atoms with Gasteiger partial charge in [0.1, 0.15) is 11.6 Å². The topological polar surface area (TPSA) is 76.7 Å². The lowest BCUT2D eigenvalue weighted by atomic mass is 10.1. The Kier molecular flexibility index (Phi) is 8.42. The summed E-state index contributed by atoms with van der Waals surface area (Å²) in [6, 6.07) is 18.2. The SMILES string of the molecule is C[C@H](NC(=O)[C@@H](NC(=O)OC(C)(C)C)[C@@H](C)OCc1ccccc1)c1ccccc1. The van der Waals surface area contributed by atoms with Gasteiger partial charge in [-0.2, -0.15) is 0 Å². The molecular weight excluding hydrogens is 380 g/mol. The van der Waals surface area contributed by atoms with Gasteiger partial charge in [0.2, 0.25) is 5.91 Å². The molecule has 0 bridgehead atoms. The van der Waals surface area contributed by atoms with E-state index in [1.54, 1.807) is 27.7 Å². The third-order valence-corrected chi connectivity index (χ3v) is 4.44. The summed E-state index contributed by atoms with van der Waals surface area (Å²) in [7, 11) is 0. The number of ether oxygens (including phenoxy) is 2. The minimum Gasteiger partial charge on any atom is -0.444 e. The monoisotopic (exact) mass is 412 g/mol. The van der Waals surface area contributed by atoms with Crippen LogP contribution in [0.15, 0.2) is 60.7 Å². The van der Waals surface area contributed by atoms with E-state index in [0.717, 1.165) is 11.1 Å². The quantitative estimate of drug-likeness (QED) is 0.675. The predicted octanol–water partition coefficient (Wildman–Crippen LogP) is 4.36. The molecule has 0 saturated heterocycles. The number of hydrogen-bond donors (Lipinski definition) is 2. The smallest absolute Gasteiger partial charge is 0.408 e. The second-order valence-electron chi connectivity index (χ2n) is 8.27. The van der Waals surface area contributed by atoms with Crippen LogP contribution in [0.3, 0.4) is 0 Å². The molecule has 2 aromatic carbocycles. The highest BCUT2D eigenvalue weighted by Crippen LogP contribution is 2.14. The fraction of sp³-hybridized carbons (Fsp3) is 0.417. The Labute approximate surface area is 179 Å². The van der Waals surface area contributed by atoms with Crippen molar-refractivity contribution < 1.29 is 19.1 Å². The van der Waals surface area contributed by atoms with E-state index in [-0.39, 0.29) is 11.9 Å². The molecule has 0 unspecified atom stereocenters. The third kappa shape index (κ3) is 7.87. The summed E-state index contributed by atoms with van der Waals surface area (Å²) in [6.45, 7) is 9.30. The number of carbonyl (C=O) groups excluding carboxylic acids is 2. The fourth-order valence-corrected chi connectivity index (χ4v) is 2.86. The molecule has 0 aromatic heterocycles. The van der Waals surface area contributed by atoms with E-state index in [2.05, 4.69) is 10.6 Å². The van der Waals surface area contributed by atoms with E-state index in [0.29, 0.717) is 6.61 Å². The first-order valence-electron chi connectivity index (χ1n) is 10.2. The number of nitrogens with one attached hydrogen (secondary N) is 2. The molecule has 0 aliphatic carbocycles. The second-order valence-corrected chi connectivity index (χ2v) is 8.27. The van der Waals surface area contributed by atoms with Crippen LogP contribution in [0.2, 0.25) is 0 Å². The molecule has 6 nitrogen and oxygen atoms in total. The Morgan fingerprint density at radius 2 is 1.47 bits per heavy atom. The summed E-state index contributed by atoms with van der Waals surface area (Å²) in [4.78, 5) is 25.4. The van der Waals surface area contributed by atoms with Gasteiger partial charge in [0.25, 0.3) is 0 Å². The Hall–Kier alpha value is -2.86. The van der Waals surface area contributed by atoms with Crippen LogP contribution in [-0.4, -0.2) is 29.7 Å². The maximum absolute atomic E-state index is 13.0. The lowest BCUT2D eigenvalue weighted by Crippen LogP contribution is -2.54. The first-order chi connectivity index (χ1) is 14.2. The van der Waals surface area contributed by atoms with Gasteiger partial charge in [-0.05, 0) is 45.7 Å². The first kappa shape index (κ1) is 23.4. The van der Waals surface area contributed by atoms with Gasteiger partial charge < -0.3 is 20.1 Å². The van der Waals surface area contributed by atoms with E-state index < -0.39 is 23.8 Å². The average Bonchev–Trinajstić information content (AvgIpc) is 2.70. The summed E-state index contributed by atoms with van der Waals surface area (Å²) in [6.07, 6.45) is -1.23. The van der Waals surface area contributed by atoms with Crippen LogP contribution in [0.25, 0.3) is 0 Å². The second kappa shape index (κ2) is 10.8. The molecule has 162 valence electrons. The van der Waals surface area contributed by atoms with Crippen LogP contribution in [-0.2, 0) is 20.9 Å². The number of benzene rings is 2. The number of carbonyl (C=O) groups is 2. The summed E-state index contributed by atoms with van der Waals surface area (Å²) in [5.41, 5.74) is 1.29. The predicted molar refractivity (Wildman–Crippen MR) is 117 cm³/mol. The summed E-state index contributed by atoms with van der Waals surface area (Å²) in [5.74, 6) is -0.335. The zero-order chi connectivity index (χ0) is 22.1. The number of rotatable bonds is 8. The lowest BCUT2D eigenvalue weighted by Gasteiger charge is -2.28. The van der Waals surface area contributed by atoms with Crippen LogP contribution >= 0.6 is 0 Å². The standard InChI is InChI=1S/C24H32N2O4/c1-17(20-14-10-7-11-15-20)25-22(27)21(26-23(28)30-24(3,4)5)18(2)29-16-19-12-8-6-9-13-19/h6-15,17-18,21H,16H2,1-5H3,(H,25,27)(H,26,28)/t17-,18+,21-/m0/s1. The molecule has 0 aliphatic rings. The van der Waals surface area contributed by atoms with Crippen molar-refractivity contribution in [1.29, 1.82) is 0 Å². The van der Waals surface area contributed by atoms with Gasteiger partial charge in [-0.1, -0.05) is 60.7 Å². The van der Waals surface area contributed by atoms with Crippen molar-refractivity contribution in [2.45, 2.75) is 65.0 Å². The summed E-state index contributed by atoms with van der Waals surface area (Å²) >= 11 is 0. The molecular formula is C24H32N2O4. The maximum atomic E-state index is 13.0. The minimum atomic E-state index is -0.908. The summed E-state index contributed by atoms with van der Waals surface area (Å²) in [5, 5.41) is 5.62. The van der Waals surface area contributed by atoms with Gasteiger partial charge in [-0.3, -0.25) is 4.79 Å². The Morgan fingerprint density at radius 1 is 0.900 bits per heavy atom. The van der Waals surface area contributed by atoms with Crippen LogP contribution in [0, 0.1) is 0 Å². The van der Waals surface area contributed by atoms with Crippen molar-refractivity contribution >= 4 is 12.0 Å². The van der Waals surface area contributed by atoms with Gasteiger partial charge in [-0.15, -0.1) is 0 Å². The zero-order valence-electron chi connectivity index (χ0n) is 18.3. The third-order valence-electron chi connectivity index (χ3n) is 4.44.